The number of rotatable bonds is 4. The van der Waals surface area contributed by atoms with Crippen molar-refractivity contribution in [3.8, 4) is 0 Å². The van der Waals surface area contributed by atoms with Crippen LogP contribution in [0.25, 0.3) is 0 Å². The molecule has 0 fully saturated rings. The van der Waals surface area contributed by atoms with Gasteiger partial charge in [0.05, 0.1) is 0 Å². The molecule has 0 saturated carbocycles. The van der Waals surface area contributed by atoms with Crippen molar-refractivity contribution in [3.05, 3.63) is 29.8 Å². The predicted molar refractivity (Wildman–Crippen MR) is 53.5 cm³/mol. The van der Waals surface area contributed by atoms with E-state index in [0.29, 0.717) is 24.6 Å². The molecule has 0 radical (unpaired) electrons. The molecule has 1 N–H and O–H groups in total. The van der Waals surface area contributed by atoms with Gasteiger partial charge in [-0.05, 0) is 17.7 Å². The molecular formula is C8H8ClN5O. The summed E-state index contributed by atoms with van der Waals surface area (Å²) < 4.78 is 4.60. The molecule has 0 aliphatic rings. The Bertz CT molecular complexity index is 419. The van der Waals surface area contributed by atoms with Crippen LogP contribution in [0.3, 0.4) is 0 Å². The van der Waals surface area contributed by atoms with Crippen LogP contribution < -0.4 is 5.32 Å². The van der Waals surface area contributed by atoms with Crippen molar-refractivity contribution in [1.82, 2.24) is 20.1 Å². The van der Waals surface area contributed by atoms with E-state index in [0.717, 1.165) is 0 Å². The maximum atomic E-state index is 5.62. The average molecular weight is 226 g/mol. The van der Waals surface area contributed by atoms with Crippen LogP contribution in [-0.4, -0.2) is 26.7 Å². The molecule has 0 saturated heterocycles. The van der Waals surface area contributed by atoms with E-state index in [9.17, 15) is 0 Å². The molecule has 0 spiro atoms. The normalized spacial score (nSPS) is 10.2. The SMILES string of the molecule is Clc1nccc(NCCc2ncon2)n1. The Morgan fingerprint density at radius 3 is 3.07 bits per heavy atom. The second-order valence-electron chi connectivity index (χ2n) is 2.74. The van der Waals surface area contributed by atoms with E-state index < -0.39 is 0 Å². The second-order valence-corrected chi connectivity index (χ2v) is 3.07. The minimum atomic E-state index is 0.222. The van der Waals surface area contributed by atoms with Crippen molar-refractivity contribution in [2.45, 2.75) is 6.42 Å². The predicted octanol–water partition coefficient (Wildman–Crippen LogP) is 1.17. The third-order valence-corrected chi connectivity index (χ3v) is 1.87. The van der Waals surface area contributed by atoms with Gasteiger partial charge in [0.1, 0.15) is 5.82 Å². The Balaban J connectivity index is 1.83. The smallest absolute Gasteiger partial charge is 0.224 e. The van der Waals surface area contributed by atoms with Gasteiger partial charge in [0.25, 0.3) is 0 Å². The minimum absolute atomic E-state index is 0.222. The maximum Gasteiger partial charge on any atom is 0.224 e. The Hall–Kier alpha value is -1.69. The zero-order chi connectivity index (χ0) is 10.5. The van der Waals surface area contributed by atoms with Crippen molar-refractivity contribution >= 4 is 17.4 Å². The van der Waals surface area contributed by atoms with Crippen LogP contribution in [0.5, 0.6) is 0 Å². The topological polar surface area (TPSA) is 76.7 Å². The van der Waals surface area contributed by atoms with Gasteiger partial charge in [-0.2, -0.15) is 4.98 Å². The molecule has 0 atom stereocenters. The summed E-state index contributed by atoms with van der Waals surface area (Å²) in [5, 5.41) is 6.97. The molecule has 6 nitrogen and oxygen atoms in total. The van der Waals surface area contributed by atoms with Crippen molar-refractivity contribution in [2.75, 3.05) is 11.9 Å². The Labute approximate surface area is 90.7 Å². The summed E-state index contributed by atoms with van der Waals surface area (Å²) in [6.07, 6.45) is 3.56. The first-order valence-electron chi connectivity index (χ1n) is 4.32. The number of halogens is 1. The number of hydrogen-bond donors (Lipinski definition) is 1. The number of hydrogen-bond acceptors (Lipinski definition) is 6. The highest BCUT2D eigenvalue weighted by Crippen LogP contribution is 2.05. The van der Waals surface area contributed by atoms with Crippen LogP contribution in [0.15, 0.2) is 23.2 Å². The number of nitrogens with one attached hydrogen (secondary N) is 1. The van der Waals surface area contributed by atoms with E-state index in [2.05, 4.69) is 29.9 Å². The van der Waals surface area contributed by atoms with Crippen LogP contribution in [0, 0.1) is 0 Å². The van der Waals surface area contributed by atoms with Crippen molar-refractivity contribution in [2.24, 2.45) is 0 Å². The van der Waals surface area contributed by atoms with Crippen LogP contribution in [-0.2, 0) is 6.42 Å². The van der Waals surface area contributed by atoms with Crippen molar-refractivity contribution in [3.63, 3.8) is 0 Å². The zero-order valence-corrected chi connectivity index (χ0v) is 8.48. The molecule has 0 aliphatic heterocycles. The van der Waals surface area contributed by atoms with Gasteiger partial charge in [-0.1, -0.05) is 5.16 Å². The summed E-state index contributed by atoms with van der Waals surface area (Å²) in [4.78, 5) is 11.6. The highest BCUT2D eigenvalue weighted by molar-refractivity contribution is 6.28. The minimum Gasteiger partial charge on any atom is -0.369 e. The molecule has 0 aromatic carbocycles. The van der Waals surface area contributed by atoms with Gasteiger partial charge in [0, 0.05) is 19.2 Å². The van der Waals surface area contributed by atoms with Gasteiger partial charge in [-0.3, -0.25) is 0 Å². The molecular weight excluding hydrogens is 218 g/mol. The van der Waals surface area contributed by atoms with E-state index in [4.69, 9.17) is 11.6 Å². The average Bonchev–Trinajstić information content (AvgIpc) is 2.71. The van der Waals surface area contributed by atoms with Crippen molar-refractivity contribution in [1.29, 1.82) is 0 Å². The first kappa shape index (κ1) is 9.85. The lowest BCUT2D eigenvalue weighted by atomic mass is 10.4. The monoisotopic (exact) mass is 225 g/mol. The lowest BCUT2D eigenvalue weighted by Gasteiger charge is -2.02. The largest absolute Gasteiger partial charge is 0.369 e. The fourth-order valence-corrected chi connectivity index (χ4v) is 1.19. The summed E-state index contributed by atoms with van der Waals surface area (Å²) in [7, 11) is 0. The van der Waals surface area contributed by atoms with E-state index in [1.165, 1.54) is 6.39 Å². The summed E-state index contributed by atoms with van der Waals surface area (Å²) >= 11 is 5.62. The van der Waals surface area contributed by atoms with Crippen LogP contribution in [0.4, 0.5) is 5.82 Å². The summed E-state index contributed by atoms with van der Waals surface area (Å²) in [6, 6.07) is 1.74. The van der Waals surface area contributed by atoms with Gasteiger partial charge < -0.3 is 9.84 Å². The first-order chi connectivity index (χ1) is 7.34. The second kappa shape index (κ2) is 4.70. The van der Waals surface area contributed by atoms with Crippen LogP contribution in [0.2, 0.25) is 5.28 Å². The molecule has 0 aliphatic carbocycles. The molecule has 2 rings (SSSR count). The van der Waals surface area contributed by atoms with Crippen LogP contribution >= 0.6 is 11.6 Å². The lowest BCUT2D eigenvalue weighted by molar-refractivity contribution is 0.410. The Morgan fingerprint density at radius 2 is 2.33 bits per heavy atom. The van der Waals surface area contributed by atoms with Gasteiger partial charge >= 0.3 is 0 Å². The van der Waals surface area contributed by atoms with Gasteiger partial charge in [-0.25, -0.2) is 9.97 Å². The highest BCUT2D eigenvalue weighted by Gasteiger charge is 1.99. The molecule has 7 heteroatoms. The van der Waals surface area contributed by atoms with Crippen molar-refractivity contribution < 1.29 is 4.52 Å². The van der Waals surface area contributed by atoms with E-state index in [-0.39, 0.29) is 5.28 Å². The summed E-state index contributed by atoms with van der Waals surface area (Å²) in [5.74, 6) is 1.33. The zero-order valence-electron chi connectivity index (χ0n) is 7.72. The third-order valence-electron chi connectivity index (χ3n) is 1.69. The maximum absolute atomic E-state index is 5.62. The van der Waals surface area contributed by atoms with E-state index >= 15 is 0 Å². The summed E-state index contributed by atoms with van der Waals surface area (Å²) in [5.41, 5.74) is 0. The number of anilines is 1. The van der Waals surface area contributed by atoms with Gasteiger partial charge in [0.2, 0.25) is 11.7 Å². The molecule has 0 amide bonds. The Morgan fingerprint density at radius 1 is 1.40 bits per heavy atom. The Kier molecular flexibility index (Phi) is 3.08. The quantitative estimate of drug-likeness (QED) is 0.787. The standard InChI is InChI=1S/C8H8ClN5O/c9-8-11-4-1-6(13-8)10-3-2-7-12-5-15-14-7/h1,4-5H,2-3H2,(H,10,11,13). The van der Waals surface area contributed by atoms with Gasteiger partial charge in [0.15, 0.2) is 5.82 Å². The van der Waals surface area contributed by atoms with E-state index in [1.807, 2.05) is 0 Å². The molecule has 78 valence electrons. The fraction of sp³-hybridized carbons (Fsp3) is 0.250. The lowest BCUT2D eigenvalue weighted by Crippen LogP contribution is -2.07. The molecule has 2 aromatic rings. The van der Waals surface area contributed by atoms with Gasteiger partial charge in [-0.15, -0.1) is 0 Å². The number of nitrogens with zero attached hydrogens (tertiary/aromatic N) is 4. The fourth-order valence-electron chi connectivity index (χ4n) is 1.04. The third kappa shape index (κ3) is 2.88. The summed E-state index contributed by atoms with van der Waals surface area (Å²) in [6.45, 7) is 0.660. The van der Waals surface area contributed by atoms with Crippen LogP contribution in [0.1, 0.15) is 5.82 Å². The molecule has 0 unspecified atom stereocenters. The van der Waals surface area contributed by atoms with E-state index in [1.54, 1.807) is 12.3 Å². The highest BCUT2D eigenvalue weighted by atomic mass is 35.5. The molecule has 0 bridgehead atoms. The molecule has 2 heterocycles. The molecule has 15 heavy (non-hydrogen) atoms. The number of aromatic nitrogens is 4. The molecule has 2 aromatic heterocycles. The first-order valence-corrected chi connectivity index (χ1v) is 4.70.